The molecule has 20 heavy (non-hydrogen) atoms. The van der Waals surface area contributed by atoms with E-state index in [9.17, 15) is 0 Å². The van der Waals surface area contributed by atoms with Gasteiger partial charge in [0.25, 0.3) is 0 Å². The summed E-state index contributed by atoms with van der Waals surface area (Å²) in [5.74, 6) is 0.460. The van der Waals surface area contributed by atoms with Crippen molar-refractivity contribution in [3.05, 3.63) is 56.9 Å². The first kappa shape index (κ1) is 14.0. The van der Waals surface area contributed by atoms with Gasteiger partial charge in [0.05, 0.1) is 27.9 Å². The molecule has 0 N–H and O–H groups in total. The monoisotopic (exact) mass is 415 g/mol. The van der Waals surface area contributed by atoms with Crippen LogP contribution in [0.1, 0.15) is 11.3 Å². The summed E-state index contributed by atoms with van der Waals surface area (Å²) in [7, 11) is 0. The highest BCUT2D eigenvalue weighted by atomic mass is 127. The molecule has 3 rings (SSSR count). The van der Waals surface area contributed by atoms with E-state index in [1.165, 1.54) is 5.56 Å². The van der Waals surface area contributed by atoms with Gasteiger partial charge in [-0.25, -0.2) is 4.98 Å². The van der Waals surface area contributed by atoms with Crippen molar-refractivity contribution in [1.82, 2.24) is 14.8 Å². The third kappa shape index (κ3) is 3.21. The molecule has 0 amide bonds. The van der Waals surface area contributed by atoms with Crippen LogP contribution in [0.2, 0.25) is 0 Å². The van der Waals surface area contributed by atoms with E-state index >= 15 is 0 Å². The van der Waals surface area contributed by atoms with Crippen molar-refractivity contribution in [2.45, 2.75) is 12.4 Å². The van der Waals surface area contributed by atoms with Gasteiger partial charge in [-0.05, 0) is 34.2 Å². The normalized spacial score (nSPS) is 10.9. The average molecular weight is 416 g/mol. The summed E-state index contributed by atoms with van der Waals surface area (Å²) in [5, 5.41) is 7.33. The summed E-state index contributed by atoms with van der Waals surface area (Å²) in [6, 6.07) is 8.40. The molecule has 0 saturated carbocycles. The molecule has 0 radical (unpaired) electrons. The molecule has 0 aliphatic rings. The van der Waals surface area contributed by atoms with Crippen LogP contribution in [0.15, 0.2) is 42.0 Å². The standard InChI is InChI=1S/C14H11ClIN3S/c15-5-13-9-20-14(18-13)11-3-1-2-10(4-11)7-19-8-12(16)6-17-19/h1-4,6,8-9H,5,7H2. The lowest BCUT2D eigenvalue weighted by Gasteiger charge is -2.04. The van der Waals surface area contributed by atoms with Crippen LogP contribution in [0.3, 0.4) is 0 Å². The Morgan fingerprint density at radius 1 is 1.35 bits per heavy atom. The Bertz CT molecular complexity index is 723. The van der Waals surface area contributed by atoms with Crippen molar-refractivity contribution in [3.8, 4) is 10.6 Å². The van der Waals surface area contributed by atoms with E-state index in [-0.39, 0.29) is 0 Å². The molecule has 0 atom stereocenters. The SMILES string of the molecule is ClCc1csc(-c2cccc(Cn3cc(I)cn3)c2)n1. The maximum absolute atomic E-state index is 5.80. The number of thiazole rings is 1. The Balaban J connectivity index is 1.85. The molecule has 2 heterocycles. The Hall–Kier alpha value is -0.920. The lowest BCUT2D eigenvalue weighted by molar-refractivity contribution is 0.687. The zero-order chi connectivity index (χ0) is 13.9. The van der Waals surface area contributed by atoms with E-state index in [0.717, 1.165) is 26.4 Å². The minimum absolute atomic E-state index is 0.460. The molecular weight excluding hydrogens is 405 g/mol. The fourth-order valence-electron chi connectivity index (χ4n) is 1.92. The minimum Gasteiger partial charge on any atom is -0.267 e. The number of hydrogen-bond donors (Lipinski definition) is 0. The summed E-state index contributed by atoms with van der Waals surface area (Å²) in [4.78, 5) is 4.51. The number of aromatic nitrogens is 3. The van der Waals surface area contributed by atoms with Crippen molar-refractivity contribution in [2.24, 2.45) is 0 Å². The van der Waals surface area contributed by atoms with E-state index in [4.69, 9.17) is 11.6 Å². The third-order valence-electron chi connectivity index (χ3n) is 2.81. The molecule has 0 unspecified atom stereocenters. The van der Waals surface area contributed by atoms with Crippen LogP contribution in [-0.2, 0) is 12.4 Å². The molecule has 0 bridgehead atoms. The summed E-state index contributed by atoms with van der Waals surface area (Å²) < 4.78 is 3.08. The van der Waals surface area contributed by atoms with Crippen LogP contribution in [-0.4, -0.2) is 14.8 Å². The van der Waals surface area contributed by atoms with Gasteiger partial charge in [-0.1, -0.05) is 18.2 Å². The van der Waals surface area contributed by atoms with Gasteiger partial charge in [0.15, 0.2) is 0 Å². The van der Waals surface area contributed by atoms with Gasteiger partial charge in [0.1, 0.15) is 5.01 Å². The minimum atomic E-state index is 0.460. The van der Waals surface area contributed by atoms with Crippen LogP contribution in [0.5, 0.6) is 0 Å². The third-order valence-corrected chi connectivity index (χ3v) is 4.58. The van der Waals surface area contributed by atoms with Gasteiger partial charge in [0, 0.05) is 17.1 Å². The van der Waals surface area contributed by atoms with Crippen molar-refractivity contribution in [1.29, 1.82) is 0 Å². The van der Waals surface area contributed by atoms with Crippen LogP contribution in [0.4, 0.5) is 0 Å². The first-order chi connectivity index (χ1) is 9.74. The molecule has 1 aromatic carbocycles. The van der Waals surface area contributed by atoms with Crippen molar-refractivity contribution in [2.75, 3.05) is 0 Å². The highest BCUT2D eigenvalue weighted by Crippen LogP contribution is 2.25. The number of rotatable bonds is 4. The van der Waals surface area contributed by atoms with Crippen LogP contribution in [0, 0.1) is 3.57 Å². The molecule has 0 saturated heterocycles. The zero-order valence-corrected chi connectivity index (χ0v) is 14.2. The van der Waals surface area contributed by atoms with Crippen molar-refractivity contribution in [3.63, 3.8) is 0 Å². The van der Waals surface area contributed by atoms with Crippen molar-refractivity contribution < 1.29 is 0 Å². The molecule has 0 fully saturated rings. The smallest absolute Gasteiger partial charge is 0.123 e. The summed E-state index contributed by atoms with van der Waals surface area (Å²) in [5.41, 5.74) is 3.27. The van der Waals surface area contributed by atoms with Gasteiger partial charge in [-0.2, -0.15) is 5.10 Å². The van der Waals surface area contributed by atoms with Gasteiger partial charge in [0.2, 0.25) is 0 Å². The van der Waals surface area contributed by atoms with Crippen LogP contribution >= 0.6 is 45.5 Å². The molecule has 102 valence electrons. The molecule has 0 spiro atoms. The van der Waals surface area contributed by atoms with Crippen molar-refractivity contribution >= 4 is 45.5 Å². The maximum atomic E-state index is 5.80. The summed E-state index contributed by atoms with van der Waals surface area (Å²) in [6.45, 7) is 0.768. The Morgan fingerprint density at radius 3 is 2.95 bits per heavy atom. The Morgan fingerprint density at radius 2 is 2.25 bits per heavy atom. The predicted molar refractivity (Wildman–Crippen MR) is 91.2 cm³/mol. The number of halogens is 2. The number of benzene rings is 1. The topological polar surface area (TPSA) is 30.7 Å². The van der Waals surface area contributed by atoms with Crippen LogP contribution < -0.4 is 0 Å². The highest BCUT2D eigenvalue weighted by Gasteiger charge is 2.05. The van der Waals surface area contributed by atoms with Gasteiger partial charge in [-0.3, -0.25) is 4.68 Å². The highest BCUT2D eigenvalue weighted by molar-refractivity contribution is 14.1. The van der Waals surface area contributed by atoms with E-state index in [2.05, 4.69) is 56.9 Å². The molecule has 3 nitrogen and oxygen atoms in total. The van der Waals surface area contributed by atoms with E-state index < -0.39 is 0 Å². The molecule has 6 heteroatoms. The Labute approximate surface area is 139 Å². The summed E-state index contributed by atoms with van der Waals surface area (Å²) >= 11 is 9.69. The lowest BCUT2D eigenvalue weighted by atomic mass is 10.1. The average Bonchev–Trinajstić information content (AvgIpc) is 3.08. The molecule has 3 aromatic rings. The number of hydrogen-bond acceptors (Lipinski definition) is 3. The predicted octanol–water partition coefficient (Wildman–Crippen LogP) is 4.40. The summed E-state index contributed by atoms with van der Waals surface area (Å²) in [6.07, 6.45) is 3.89. The fraction of sp³-hybridized carbons (Fsp3) is 0.143. The first-order valence-corrected chi connectivity index (χ1v) is 8.51. The second kappa shape index (κ2) is 6.24. The molecule has 0 aliphatic carbocycles. The zero-order valence-electron chi connectivity index (χ0n) is 10.5. The number of nitrogens with zero attached hydrogens (tertiary/aromatic N) is 3. The second-order valence-electron chi connectivity index (χ2n) is 4.33. The fourth-order valence-corrected chi connectivity index (χ4v) is 3.41. The second-order valence-corrected chi connectivity index (χ2v) is 6.71. The quantitative estimate of drug-likeness (QED) is 0.467. The molecule has 0 aliphatic heterocycles. The molecule has 2 aromatic heterocycles. The van der Waals surface area contributed by atoms with E-state index in [1.807, 2.05) is 22.5 Å². The lowest BCUT2D eigenvalue weighted by Crippen LogP contribution is -1.99. The van der Waals surface area contributed by atoms with E-state index in [1.54, 1.807) is 11.3 Å². The molecular formula is C14H11ClIN3S. The van der Waals surface area contributed by atoms with E-state index in [0.29, 0.717) is 5.88 Å². The van der Waals surface area contributed by atoms with Gasteiger partial charge in [-0.15, -0.1) is 22.9 Å². The Kier molecular flexibility index (Phi) is 4.38. The first-order valence-electron chi connectivity index (χ1n) is 6.02. The van der Waals surface area contributed by atoms with Crippen LogP contribution in [0.25, 0.3) is 10.6 Å². The van der Waals surface area contributed by atoms with Gasteiger partial charge < -0.3 is 0 Å². The van der Waals surface area contributed by atoms with Gasteiger partial charge >= 0.3 is 0 Å². The largest absolute Gasteiger partial charge is 0.267 e. The number of alkyl halides is 1. The maximum Gasteiger partial charge on any atom is 0.123 e.